The molecular weight excluding hydrogens is 390 g/mol. The van der Waals surface area contributed by atoms with E-state index in [0.29, 0.717) is 10.9 Å². The first-order chi connectivity index (χ1) is 12.1. The maximum absolute atomic E-state index is 10.6. The molecule has 1 unspecified atom stereocenters. The number of fused-ring (bicyclic) bond motifs is 1. The van der Waals surface area contributed by atoms with E-state index in [1.54, 1.807) is 0 Å². The molecule has 8 heteroatoms. The van der Waals surface area contributed by atoms with Crippen molar-refractivity contribution in [3.8, 4) is 0 Å². The molecule has 0 bridgehead atoms. The summed E-state index contributed by atoms with van der Waals surface area (Å²) in [6.45, 7) is 1.88. The SMILES string of the molecule is CN1Cc2c(Cl)cc(Cl)cc2C(c2ccccc2)C1.O=C(O)C(F)(F)F. The molecule has 3 nitrogen and oxygen atoms in total. The van der Waals surface area contributed by atoms with Crippen molar-refractivity contribution in [1.82, 2.24) is 4.90 Å². The van der Waals surface area contributed by atoms with Gasteiger partial charge in [0.15, 0.2) is 0 Å². The lowest BCUT2D eigenvalue weighted by Crippen LogP contribution is -2.31. The predicted molar refractivity (Wildman–Crippen MR) is 94.8 cm³/mol. The first-order valence-corrected chi connectivity index (χ1v) is 8.36. The molecule has 3 rings (SSSR count). The Morgan fingerprint density at radius 1 is 1.19 bits per heavy atom. The number of halogens is 5. The van der Waals surface area contributed by atoms with Crippen molar-refractivity contribution >= 4 is 29.2 Å². The summed E-state index contributed by atoms with van der Waals surface area (Å²) < 4.78 is 31.7. The molecule has 1 aliphatic rings. The Kier molecular flexibility index (Phi) is 6.55. The van der Waals surface area contributed by atoms with Crippen LogP contribution in [0.15, 0.2) is 42.5 Å². The van der Waals surface area contributed by atoms with E-state index in [4.69, 9.17) is 33.1 Å². The number of carboxylic acids is 1. The maximum atomic E-state index is 10.6. The number of nitrogens with zero attached hydrogens (tertiary/aromatic N) is 1. The number of carbonyl (C=O) groups is 1. The zero-order chi connectivity index (χ0) is 19.5. The maximum Gasteiger partial charge on any atom is 0.490 e. The van der Waals surface area contributed by atoms with Gasteiger partial charge in [0.2, 0.25) is 0 Å². The molecule has 2 aromatic rings. The fourth-order valence-electron chi connectivity index (χ4n) is 2.82. The summed E-state index contributed by atoms with van der Waals surface area (Å²) in [5.41, 5.74) is 3.78. The Morgan fingerprint density at radius 3 is 2.31 bits per heavy atom. The van der Waals surface area contributed by atoms with E-state index in [-0.39, 0.29) is 0 Å². The number of aliphatic carboxylic acids is 1. The second-order valence-electron chi connectivity index (χ2n) is 5.92. The zero-order valence-corrected chi connectivity index (χ0v) is 15.2. The van der Waals surface area contributed by atoms with Crippen LogP contribution in [0.2, 0.25) is 10.0 Å². The summed E-state index contributed by atoms with van der Waals surface area (Å²) in [6, 6.07) is 14.4. The van der Waals surface area contributed by atoms with Crippen LogP contribution in [0.25, 0.3) is 0 Å². The molecule has 26 heavy (non-hydrogen) atoms. The summed E-state index contributed by atoms with van der Waals surface area (Å²) >= 11 is 12.5. The fraction of sp³-hybridized carbons (Fsp3) is 0.278. The summed E-state index contributed by atoms with van der Waals surface area (Å²) in [5.74, 6) is -2.42. The number of likely N-dealkylation sites (N-methyl/N-ethyl adjacent to an activating group) is 1. The third kappa shape index (κ3) is 5.13. The van der Waals surface area contributed by atoms with Gasteiger partial charge in [-0.15, -0.1) is 0 Å². The minimum atomic E-state index is -5.08. The molecule has 0 spiro atoms. The highest BCUT2D eigenvalue weighted by molar-refractivity contribution is 6.35. The summed E-state index contributed by atoms with van der Waals surface area (Å²) in [4.78, 5) is 11.2. The van der Waals surface area contributed by atoms with Crippen LogP contribution in [0.5, 0.6) is 0 Å². The number of rotatable bonds is 1. The van der Waals surface area contributed by atoms with E-state index in [1.165, 1.54) is 16.7 Å². The Balaban J connectivity index is 0.000000298. The van der Waals surface area contributed by atoms with Gasteiger partial charge in [0.05, 0.1) is 0 Å². The molecule has 2 aromatic carbocycles. The Hall–Kier alpha value is -1.76. The van der Waals surface area contributed by atoms with E-state index >= 15 is 0 Å². The van der Waals surface area contributed by atoms with Crippen LogP contribution in [0, 0.1) is 0 Å². The summed E-state index contributed by atoms with van der Waals surface area (Å²) in [7, 11) is 2.13. The van der Waals surface area contributed by atoms with Crippen LogP contribution < -0.4 is 0 Å². The number of alkyl halides is 3. The van der Waals surface area contributed by atoms with Crippen LogP contribution >= 0.6 is 23.2 Å². The number of hydrogen-bond donors (Lipinski definition) is 1. The van der Waals surface area contributed by atoms with Crippen LogP contribution in [-0.2, 0) is 11.3 Å². The van der Waals surface area contributed by atoms with E-state index in [2.05, 4.69) is 42.3 Å². The van der Waals surface area contributed by atoms with E-state index in [9.17, 15) is 13.2 Å². The van der Waals surface area contributed by atoms with Crippen LogP contribution in [0.4, 0.5) is 13.2 Å². The van der Waals surface area contributed by atoms with Gasteiger partial charge in [0, 0.05) is 29.1 Å². The van der Waals surface area contributed by atoms with Gasteiger partial charge in [-0.05, 0) is 35.9 Å². The third-order valence-electron chi connectivity index (χ3n) is 3.94. The van der Waals surface area contributed by atoms with Crippen molar-refractivity contribution in [2.24, 2.45) is 0 Å². The molecule has 0 aromatic heterocycles. The van der Waals surface area contributed by atoms with Gasteiger partial charge in [-0.3, -0.25) is 0 Å². The second-order valence-corrected chi connectivity index (χ2v) is 6.76. The zero-order valence-electron chi connectivity index (χ0n) is 13.7. The number of hydrogen-bond acceptors (Lipinski definition) is 2. The van der Waals surface area contributed by atoms with Gasteiger partial charge < -0.3 is 10.0 Å². The minimum Gasteiger partial charge on any atom is -0.475 e. The topological polar surface area (TPSA) is 40.5 Å². The largest absolute Gasteiger partial charge is 0.490 e. The standard InChI is InChI=1S/C16H15Cl2N.C2HF3O2/c1-19-9-14(11-5-3-2-4-6-11)13-7-12(17)8-16(18)15(13)10-19;3-2(4,5)1(6)7/h2-8,14H,9-10H2,1H3;(H,6,7). The average Bonchev–Trinajstić information content (AvgIpc) is 2.55. The smallest absolute Gasteiger partial charge is 0.475 e. The van der Waals surface area contributed by atoms with Crippen LogP contribution in [0.3, 0.4) is 0 Å². The van der Waals surface area contributed by atoms with Gasteiger partial charge in [0.1, 0.15) is 0 Å². The van der Waals surface area contributed by atoms with Crippen molar-refractivity contribution in [3.05, 3.63) is 69.2 Å². The van der Waals surface area contributed by atoms with Gasteiger partial charge in [0.25, 0.3) is 0 Å². The quantitative estimate of drug-likeness (QED) is 0.708. The summed E-state index contributed by atoms with van der Waals surface area (Å²) in [6.07, 6.45) is -5.08. The molecular formula is C18H16Cl2F3NO2. The minimum absolute atomic E-state index is 0.339. The Labute approximate surface area is 158 Å². The van der Waals surface area contributed by atoms with Crippen molar-refractivity contribution in [1.29, 1.82) is 0 Å². The molecule has 0 fully saturated rings. The lowest BCUT2D eigenvalue weighted by Gasteiger charge is -2.33. The molecule has 1 atom stereocenters. The molecule has 0 radical (unpaired) electrons. The van der Waals surface area contributed by atoms with E-state index in [1.807, 2.05) is 12.1 Å². The Bertz CT molecular complexity index is 782. The first kappa shape index (κ1) is 20.6. The highest BCUT2D eigenvalue weighted by atomic mass is 35.5. The predicted octanol–water partition coefficient (Wildman–Crippen LogP) is 5.20. The number of benzene rings is 2. The second kappa shape index (κ2) is 8.29. The summed E-state index contributed by atoms with van der Waals surface area (Å²) in [5, 5.41) is 8.62. The van der Waals surface area contributed by atoms with Gasteiger partial charge in [-0.25, -0.2) is 4.79 Å². The molecule has 1 aliphatic heterocycles. The first-order valence-electron chi connectivity index (χ1n) is 7.61. The van der Waals surface area contributed by atoms with Crippen molar-refractivity contribution < 1.29 is 23.1 Å². The molecule has 140 valence electrons. The number of carboxylic acid groups (broad SMARTS) is 1. The third-order valence-corrected chi connectivity index (χ3v) is 4.49. The van der Waals surface area contributed by atoms with Crippen molar-refractivity contribution in [3.63, 3.8) is 0 Å². The average molecular weight is 406 g/mol. The van der Waals surface area contributed by atoms with E-state index in [0.717, 1.165) is 18.1 Å². The molecule has 0 aliphatic carbocycles. The van der Waals surface area contributed by atoms with Crippen LogP contribution in [0.1, 0.15) is 22.6 Å². The van der Waals surface area contributed by atoms with Gasteiger partial charge in [-0.1, -0.05) is 53.5 Å². The molecule has 1 N–H and O–H groups in total. The normalized spacial score (nSPS) is 17.1. The molecule has 1 heterocycles. The molecule has 0 saturated carbocycles. The van der Waals surface area contributed by atoms with Crippen LogP contribution in [-0.4, -0.2) is 35.7 Å². The van der Waals surface area contributed by atoms with E-state index < -0.39 is 12.1 Å². The van der Waals surface area contributed by atoms with Gasteiger partial charge in [-0.2, -0.15) is 13.2 Å². The van der Waals surface area contributed by atoms with Crippen molar-refractivity contribution in [2.45, 2.75) is 18.6 Å². The Morgan fingerprint density at radius 2 is 1.77 bits per heavy atom. The fourth-order valence-corrected chi connectivity index (χ4v) is 3.38. The van der Waals surface area contributed by atoms with Crippen molar-refractivity contribution in [2.75, 3.05) is 13.6 Å². The van der Waals surface area contributed by atoms with Gasteiger partial charge >= 0.3 is 12.1 Å². The molecule has 0 saturated heterocycles. The lowest BCUT2D eigenvalue weighted by molar-refractivity contribution is -0.192. The molecule has 0 amide bonds. The monoisotopic (exact) mass is 405 g/mol. The lowest BCUT2D eigenvalue weighted by atomic mass is 9.85. The highest BCUT2D eigenvalue weighted by Gasteiger charge is 2.38. The highest BCUT2D eigenvalue weighted by Crippen LogP contribution is 2.38.